The summed E-state index contributed by atoms with van der Waals surface area (Å²) in [5.74, 6) is 2.75. The number of rotatable bonds is 5. The first-order valence-electron chi connectivity index (χ1n) is 8.51. The van der Waals surface area contributed by atoms with Crippen molar-refractivity contribution in [3.8, 4) is 23.0 Å². The van der Waals surface area contributed by atoms with E-state index in [1.807, 2.05) is 43.3 Å². The fourth-order valence-electron chi connectivity index (χ4n) is 2.84. The molecule has 0 bridgehead atoms. The molecule has 0 fully saturated rings. The van der Waals surface area contributed by atoms with Gasteiger partial charge in [0.15, 0.2) is 23.0 Å². The Morgan fingerprint density at radius 3 is 2.54 bits per heavy atom. The van der Waals surface area contributed by atoms with Gasteiger partial charge in [0.25, 0.3) is 0 Å². The third-order valence-electron chi connectivity index (χ3n) is 4.22. The number of carbonyl (C=O) groups is 1. The molecular formula is C19H20N2O5. The molecule has 0 saturated heterocycles. The number of anilines is 1. The molecule has 2 heterocycles. The van der Waals surface area contributed by atoms with E-state index < -0.39 is 6.04 Å². The van der Waals surface area contributed by atoms with Gasteiger partial charge in [-0.05, 0) is 36.8 Å². The van der Waals surface area contributed by atoms with Gasteiger partial charge in [0.1, 0.15) is 19.3 Å². The van der Waals surface area contributed by atoms with Crippen molar-refractivity contribution in [2.45, 2.75) is 19.5 Å². The van der Waals surface area contributed by atoms with Crippen LogP contribution in [-0.2, 0) is 11.3 Å². The van der Waals surface area contributed by atoms with Crippen LogP contribution in [0.1, 0.15) is 12.5 Å². The SMILES string of the molecule is CC(Nc1ccc2c(c1)OCCO2)C(=O)NCc1ccc2c(c1)OCO2. The standard InChI is InChI=1S/C19H20N2O5/c1-12(21-14-3-5-15-18(9-14)24-7-6-23-15)19(22)20-10-13-2-4-16-17(8-13)26-11-25-16/h2-5,8-9,12,21H,6-7,10-11H2,1H3,(H,20,22). The normalized spacial score (nSPS) is 15.3. The molecule has 136 valence electrons. The van der Waals surface area contributed by atoms with Crippen LogP contribution in [0.4, 0.5) is 5.69 Å². The van der Waals surface area contributed by atoms with Gasteiger partial charge in [0.2, 0.25) is 12.7 Å². The molecule has 0 aliphatic carbocycles. The maximum Gasteiger partial charge on any atom is 0.242 e. The maximum absolute atomic E-state index is 12.4. The number of ether oxygens (including phenoxy) is 4. The summed E-state index contributed by atoms with van der Waals surface area (Å²) in [6.07, 6.45) is 0. The lowest BCUT2D eigenvalue weighted by atomic mass is 10.2. The summed E-state index contributed by atoms with van der Waals surface area (Å²) in [7, 11) is 0. The van der Waals surface area contributed by atoms with Crippen LogP contribution >= 0.6 is 0 Å². The fraction of sp³-hybridized carbons (Fsp3) is 0.316. The Morgan fingerprint density at radius 2 is 1.65 bits per heavy atom. The largest absolute Gasteiger partial charge is 0.486 e. The minimum absolute atomic E-state index is 0.0995. The number of hydrogen-bond donors (Lipinski definition) is 2. The molecule has 4 rings (SSSR count). The Bertz CT molecular complexity index is 824. The molecule has 7 heteroatoms. The van der Waals surface area contributed by atoms with Gasteiger partial charge < -0.3 is 29.6 Å². The van der Waals surface area contributed by atoms with Gasteiger partial charge in [-0.1, -0.05) is 6.07 Å². The lowest BCUT2D eigenvalue weighted by molar-refractivity contribution is -0.121. The van der Waals surface area contributed by atoms with Crippen LogP contribution in [0, 0.1) is 0 Å². The monoisotopic (exact) mass is 356 g/mol. The zero-order valence-electron chi connectivity index (χ0n) is 14.4. The predicted molar refractivity (Wildman–Crippen MR) is 94.9 cm³/mol. The van der Waals surface area contributed by atoms with Gasteiger partial charge >= 0.3 is 0 Å². The van der Waals surface area contributed by atoms with E-state index in [9.17, 15) is 4.79 Å². The Morgan fingerprint density at radius 1 is 0.962 bits per heavy atom. The average molecular weight is 356 g/mol. The first-order valence-corrected chi connectivity index (χ1v) is 8.51. The van der Waals surface area contributed by atoms with Crippen molar-refractivity contribution in [3.05, 3.63) is 42.0 Å². The van der Waals surface area contributed by atoms with E-state index in [0.717, 1.165) is 22.7 Å². The smallest absolute Gasteiger partial charge is 0.242 e. The van der Waals surface area contributed by atoms with Crippen LogP contribution in [0.3, 0.4) is 0 Å². The lowest BCUT2D eigenvalue weighted by Crippen LogP contribution is -2.37. The van der Waals surface area contributed by atoms with Crippen LogP contribution in [0.15, 0.2) is 36.4 Å². The molecule has 26 heavy (non-hydrogen) atoms. The predicted octanol–water partition coefficient (Wildman–Crippen LogP) is 2.30. The lowest BCUT2D eigenvalue weighted by Gasteiger charge is -2.20. The highest BCUT2D eigenvalue weighted by Crippen LogP contribution is 2.33. The van der Waals surface area contributed by atoms with E-state index in [1.165, 1.54) is 0 Å². The second kappa shape index (κ2) is 7.03. The second-order valence-electron chi connectivity index (χ2n) is 6.13. The molecule has 0 saturated carbocycles. The van der Waals surface area contributed by atoms with Crippen molar-refractivity contribution < 1.29 is 23.7 Å². The van der Waals surface area contributed by atoms with Crippen molar-refractivity contribution >= 4 is 11.6 Å². The van der Waals surface area contributed by atoms with Crippen molar-refractivity contribution in [1.82, 2.24) is 5.32 Å². The number of hydrogen-bond acceptors (Lipinski definition) is 6. The first kappa shape index (κ1) is 16.4. The summed E-state index contributed by atoms with van der Waals surface area (Å²) in [4.78, 5) is 12.4. The van der Waals surface area contributed by atoms with Crippen LogP contribution in [0.25, 0.3) is 0 Å². The minimum atomic E-state index is -0.397. The summed E-state index contributed by atoms with van der Waals surface area (Å²) in [5, 5.41) is 6.10. The molecule has 1 amide bonds. The Balaban J connectivity index is 1.33. The van der Waals surface area contributed by atoms with Gasteiger partial charge in [-0.2, -0.15) is 0 Å². The zero-order valence-corrected chi connectivity index (χ0v) is 14.4. The molecule has 1 unspecified atom stereocenters. The molecule has 2 aromatic rings. The van der Waals surface area contributed by atoms with Crippen LogP contribution in [0.5, 0.6) is 23.0 Å². The molecule has 1 atom stereocenters. The minimum Gasteiger partial charge on any atom is -0.486 e. The highest BCUT2D eigenvalue weighted by molar-refractivity contribution is 5.84. The van der Waals surface area contributed by atoms with Crippen LogP contribution in [0.2, 0.25) is 0 Å². The fourth-order valence-corrected chi connectivity index (χ4v) is 2.84. The molecular weight excluding hydrogens is 336 g/mol. The summed E-state index contributed by atoms with van der Waals surface area (Å²) in [6, 6.07) is 10.8. The van der Waals surface area contributed by atoms with Crippen LogP contribution < -0.4 is 29.6 Å². The Hall–Kier alpha value is -3.09. The highest BCUT2D eigenvalue weighted by Gasteiger charge is 2.17. The topological polar surface area (TPSA) is 78.1 Å². The molecule has 0 radical (unpaired) electrons. The molecule has 7 nitrogen and oxygen atoms in total. The Kier molecular flexibility index (Phi) is 4.43. The molecule has 2 aliphatic rings. The average Bonchev–Trinajstić information content (AvgIpc) is 3.13. The summed E-state index contributed by atoms with van der Waals surface area (Å²) < 4.78 is 21.7. The number of benzene rings is 2. The van der Waals surface area contributed by atoms with E-state index in [-0.39, 0.29) is 12.7 Å². The zero-order chi connectivity index (χ0) is 17.9. The van der Waals surface area contributed by atoms with E-state index >= 15 is 0 Å². The summed E-state index contributed by atoms with van der Waals surface area (Å²) >= 11 is 0. The molecule has 0 aromatic heterocycles. The van der Waals surface area contributed by atoms with Gasteiger partial charge in [0, 0.05) is 18.3 Å². The summed E-state index contributed by atoms with van der Waals surface area (Å²) in [5.41, 5.74) is 1.76. The highest BCUT2D eigenvalue weighted by atomic mass is 16.7. The molecule has 2 N–H and O–H groups in total. The number of nitrogens with one attached hydrogen (secondary N) is 2. The number of carbonyl (C=O) groups excluding carboxylic acids is 1. The first-order chi connectivity index (χ1) is 12.7. The van der Waals surface area contributed by atoms with Crippen molar-refractivity contribution in [2.24, 2.45) is 0 Å². The number of fused-ring (bicyclic) bond motifs is 2. The van der Waals surface area contributed by atoms with Crippen molar-refractivity contribution in [3.63, 3.8) is 0 Å². The molecule has 2 aromatic carbocycles. The third kappa shape index (κ3) is 3.46. The molecule has 2 aliphatic heterocycles. The van der Waals surface area contributed by atoms with Crippen LogP contribution in [-0.4, -0.2) is 32.0 Å². The van der Waals surface area contributed by atoms with E-state index in [4.69, 9.17) is 18.9 Å². The Labute approximate surface area is 151 Å². The third-order valence-corrected chi connectivity index (χ3v) is 4.22. The van der Waals surface area contributed by atoms with E-state index in [0.29, 0.717) is 31.3 Å². The van der Waals surface area contributed by atoms with Crippen molar-refractivity contribution in [2.75, 3.05) is 25.3 Å². The van der Waals surface area contributed by atoms with Gasteiger partial charge in [-0.25, -0.2) is 0 Å². The van der Waals surface area contributed by atoms with E-state index in [1.54, 1.807) is 0 Å². The van der Waals surface area contributed by atoms with Gasteiger partial charge in [-0.15, -0.1) is 0 Å². The quantitative estimate of drug-likeness (QED) is 0.856. The number of amides is 1. The van der Waals surface area contributed by atoms with Gasteiger partial charge in [0.05, 0.1) is 0 Å². The maximum atomic E-state index is 12.4. The second-order valence-corrected chi connectivity index (χ2v) is 6.13. The van der Waals surface area contributed by atoms with E-state index in [2.05, 4.69) is 10.6 Å². The van der Waals surface area contributed by atoms with Crippen molar-refractivity contribution in [1.29, 1.82) is 0 Å². The molecule has 0 spiro atoms. The summed E-state index contributed by atoms with van der Waals surface area (Å²) in [6.45, 7) is 3.55. The van der Waals surface area contributed by atoms with Gasteiger partial charge in [-0.3, -0.25) is 4.79 Å².